The second kappa shape index (κ2) is 9.66. The lowest BCUT2D eigenvalue weighted by Gasteiger charge is -2.19. The second-order valence-electron chi connectivity index (χ2n) is 9.64. The van der Waals surface area contributed by atoms with E-state index in [9.17, 15) is 14.4 Å². The average molecular weight is 531 g/mol. The van der Waals surface area contributed by atoms with Gasteiger partial charge in [0.05, 0.1) is 11.1 Å². The number of carbonyl (C=O) groups excluding carboxylic acids is 2. The summed E-state index contributed by atoms with van der Waals surface area (Å²) >= 11 is 3.52. The Balaban J connectivity index is 1.82. The van der Waals surface area contributed by atoms with Crippen LogP contribution in [0.25, 0.3) is 10.9 Å². The van der Waals surface area contributed by atoms with Crippen LogP contribution in [0, 0.1) is 13.8 Å². The van der Waals surface area contributed by atoms with Gasteiger partial charge in [0.1, 0.15) is 11.4 Å². The van der Waals surface area contributed by atoms with Gasteiger partial charge >= 0.3 is 6.09 Å². The lowest BCUT2D eigenvalue weighted by atomic mass is 10.1. The topological polar surface area (TPSA) is 105 Å². The number of H-pyrrole nitrogens is 1. The molecule has 0 saturated heterocycles. The molecule has 0 unspecified atom stereocenters. The van der Waals surface area contributed by atoms with Crippen molar-refractivity contribution < 1.29 is 14.3 Å². The SMILES string of the molecule is Cc1cc(NC(=O)OC(C)(C)C)[nH]c(=O)c1CNC(=O)c1cc(Br)cc2c1c(C)cn2C(C)C. The summed E-state index contributed by atoms with van der Waals surface area (Å²) in [5.41, 5.74) is 2.51. The van der Waals surface area contributed by atoms with E-state index >= 15 is 0 Å². The van der Waals surface area contributed by atoms with Crippen molar-refractivity contribution in [1.29, 1.82) is 0 Å². The summed E-state index contributed by atoms with van der Waals surface area (Å²) in [5, 5.41) is 6.29. The van der Waals surface area contributed by atoms with Crippen molar-refractivity contribution >= 4 is 44.7 Å². The molecule has 0 spiro atoms. The molecule has 0 aliphatic carbocycles. The number of anilines is 1. The number of aromatic amines is 1. The fourth-order valence-electron chi connectivity index (χ4n) is 3.84. The number of hydrogen-bond donors (Lipinski definition) is 3. The van der Waals surface area contributed by atoms with Gasteiger partial charge < -0.3 is 19.6 Å². The lowest BCUT2D eigenvalue weighted by molar-refractivity contribution is 0.0635. The number of fused-ring (bicyclic) bond motifs is 1. The fraction of sp³-hybridized carbons (Fsp3) is 0.400. The Kier molecular flexibility index (Phi) is 7.26. The Morgan fingerprint density at radius 1 is 1.15 bits per heavy atom. The maximum Gasteiger partial charge on any atom is 0.413 e. The molecule has 0 fully saturated rings. The molecule has 0 saturated carbocycles. The van der Waals surface area contributed by atoms with Crippen molar-refractivity contribution in [3.05, 3.63) is 61.5 Å². The highest BCUT2D eigenvalue weighted by Gasteiger charge is 2.19. The molecule has 0 bridgehead atoms. The van der Waals surface area contributed by atoms with Crippen LogP contribution in [0.15, 0.2) is 33.7 Å². The molecule has 8 nitrogen and oxygen atoms in total. The molecule has 2 heterocycles. The molecular weight excluding hydrogens is 500 g/mol. The fourth-order valence-corrected chi connectivity index (χ4v) is 4.29. The van der Waals surface area contributed by atoms with Gasteiger partial charge in [-0.15, -0.1) is 0 Å². The maximum absolute atomic E-state index is 13.2. The Labute approximate surface area is 207 Å². The van der Waals surface area contributed by atoms with Gasteiger partial charge in [0.25, 0.3) is 11.5 Å². The third-order valence-electron chi connectivity index (χ3n) is 5.31. The Morgan fingerprint density at radius 2 is 1.82 bits per heavy atom. The number of benzene rings is 1. The molecule has 0 radical (unpaired) electrons. The number of nitrogens with zero attached hydrogens (tertiary/aromatic N) is 1. The van der Waals surface area contributed by atoms with Gasteiger partial charge in [-0.3, -0.25) is 14.9 Å². The van der Waals surface area contributed by atoms with Crippen LogP contribution in [-0.2, 0) is 11.3 Å². The quantitative estimate of drug-likeness (QED) is 0.401. The second-order valence-corrected chi connectivity index (χ2v) is 10.6. The number of aryl methyl sites for hydroxylation is 2. The maximum atomic E-state index is 13.2. The summed E-state index contributed by atoms with van der Waals surface area (Å²) in [6, 6.07) is 5.68. The molecule has 3 N–H and O–H groups in total. The molecular formula is C25H31BrN4O4. The number of carbonyl (C=O) groups is 2. The number of nitrogens with one attached hydrogen (secondary N) is 3. The van der Waals surface area contributed by atoms with Crippen LogP contribution in [0.5, 0.6) is 0 Å². The van der Waals surface area contributed by atoms with E-state index in [0.717, 1.165) is 20.9 Å². The van der Waals surface area contributed by atoms with Crippen molar-refractivity contribution in [2.24, 2.45) is 0 Å². The monoisotopic (exact) mass is 530 g/mol. The third kappa shape index (κ3) is 5.70. The first-order valence-corrected chi connectivity index (χ1v) is 11.9. The smallest absolute Gasteiger partial charge is 0.413 e. The average Bonchev–Trinajstić information content (AvgIpc) is 3.01. The minimum absolute atomic E-state index is 0.0463. The molecule has 3 aromatic rings. The van der Waals surface area contributed by atoms with E-state index in [1.807, 2.05) is 19.2 Å². The highest BCUT2D eigenvalue weighted by Crippen LogP contribution is 2.31. The van der Waals surface area contributed by atoms with Crippen LogP contribution in [0.3, 0.4) is 0 Å². The van der Waals surface area contributed by atoms with Crippen LogP contribution in [0.1, 0.15) is 67.7 Å². The Bertz CT molecular complexity index is 1320. The van der Waals surface area contributed by atoms with Gasteiger partial charge in [0.15, 0.2) is 0 Å². The first-order chi connectivity index (χ1) is 15.8. The number of aromatic nitrogens is 2. The van der Waals surface area contributed by atoms with E-state index in [4.69, 9.17) is 4.74 Å². The van der Waals surface area contributed by atoms with Gasteiger partial charge in [-0.05, 0) is 77.8 Å². The highest BCUT2D eigenvalue weighted by atomic mass is 79.9. The highest BCUT2D eigenvalue weighted by molar-refractivity contribution is 9.10. The Morgan fingerprint density at radius 3 is 2.41 bits per heavy atom. The van der Waals surface area contributed by atoms with Gasteiger partial charge in [0, 0.05) is 34.2 Å². The summed E-state index contributed by atoms with van der Waals surface area (Å²) in [7, 11) is 0. The zero-order valence-electron chi connectivity index (χ0n) is 20.6. The van der Waals surface area contributed by atoms with E-state index in [0.29, 0.717) is 16.7 Å². The predicted molar refractivity (Wildman–Crippen MR) is 138 cm³/mol. The normalized spacial score (nSPS) is 11.7. The van der Waals surface area contributed by atoms with Gasteiger partial charge in [-0.25, -0.2) is 4.79 Å². The molecule has 2 amide bonds. The minimum Gasteiger partial charge on any atom is -0.444 e. The molecule has 3 rings (SSSR count). The van der Waals surface area contributed by atoms with Gasteiger partial charge in [0.2, 0.25) is 0 Å². The standard InChI is InChI=1S/C25H31BrN4O4/c1-13(2)30-12-15(4)21-17(9-16(26)10-19(21)30)22(31)27-11-18-14(3)8-20(28-23(18)32)29-24(33)34-25(5,6)7/h8-10,12-13H,11H2,1-7H3,(H,27,31)(H2,28,29,32,33). The van der Waals surface area contributed by atoms with E-state index < -0.39 is 17.3 Å². The van der Waals surface area contributed by atoms with Crippen LogP contribution in [0.2, 0.25) is 0 Å². The summed E-state index contributed by atoms with van der Waals surface area (Å²) in [6.45, 7) is 13.2. The van der Waals surface area contributed by atoms with Crippen molar-refractivity contribution in [3.63, 3.8) is 0 Å². The van der Waals surface area contributed by atoms with E-state index in [-0.39, 0.29) is 24.3 Å². The summed E-state index contributed by atoms with van der Waals surface area (Å²) in [5.74, 6) is -0.0446. The number of halogens is 1. The van der Waals surface area contributed by atoms with Crippen LogP contribution in [0.4, 0.5) is 10.6 Å². The van der Waals surface area contributed by atoms with Gasteiger partial charge in [-0.1, -0.05) is 15.9 Å². The van der Waals surface area contributed by atoms with Crippen molar-refractivity contribution in [3.8, 4) is 0 Å². The molecule has 2 aromatic heterocycles. The molecule has 0 aliphatic rings. The number of rotatable bonds is 5. The third-order valence-corrected chi connectivity index (χ3v) is 5.77. The minimum atomic E-state index is -0.661. The van der Waals surface area contributed by atoms with E-state index in [1.165, 1.54) is 0 Å². The zero-order valence-corrected chi connectivity index (χ0v) is 22.1. The molecule has 0 aliphatic heterocycles. The summed E-state index contributed by atoms with van der Waals surface area (Å²) < 4.78 is 8.15. The molecule has 34 heavy (non-hydrogen) atoms. The Hall–Kier alpha value is -3.07. The number of amides is 2. The van der Waals surface area contributed by atoms with Crippen LogP contribution < -0.4 is 16.2 Å². The summed E-state index contributed by atoms with van der Waals surface area (Å²) in [6.07, 6.45) is 1.38. The predicted octanol–water partition coefficient (Wildman–Crippen LogP) is 5.57. The van der Waals surface area contributed by atoms with Crippen molar-refractivity contribution in [1.82, 2.24) is 14.9 Å². The molecule has 9 heteroatoms. The first kappa shape index (κ1) is 25.6. The number of hydrogen-bond acceptors (Lipinski definition) is 4. The lowest BCUT2D eigenvalue weighted by Crippen LogP contribution is -2.30. The largest absolute Gasteiger partial charge is 0.444 e. The van der Waals surface area contributed by atoms with E-state index in [1.54, 1.807) is 39.8 Å². The molecule has 0 atom stereocenters. The van der Waals surface area contributed by atoms with Crippen molar-refractivity contribution in [2.45, 2.75) is 66.7 Å². The molecule has 182 valence electrons. The number of pyridine rings is 1. The zero-order chi connectivity index (χ0) is 25.4. The number of ether oxygens (including phenoxy) is 1. The molecule has 1 aromatic carbocycles. The van der Waals surface area contributed by atoms with Crippen molar-refractivity contribution in [2.75, 3.05) is 5.32 Å². The van der Waals surface area contributed by atoms with Gasteiger partial charge in [-0.2, -0.15) is 0 Å². The summed E-state index contributed by atoms with van der Waals surface area (Å²) in [4.78, 5) is 40.4. The van der Waals surface area contributed by atoms with E-state index in [2.05, 4.69) is 50.0 Å². The van der Waals surface area contributed by atoms with Crippen LogP contribution in [-0.4, -0.2) is 27.2 Å². The first-order valence-electron chi connectivity index (χ1n) is 11.1. The van der Waals surface area contributed by atoms with Crippen LogP contribution >= 0.6 is 15.9 Å².